The molecular weight excluding hydrogens is 342 g/mol. The fourth-order valence-electron chi connectivity index (χ4n) is 1.72. The molecule has 6 heteroatoms. The van der Waals surface area contributed by atoms with Crippen LogP contribution in [0, 0.1) is 0 Å². The van der Waals surface area contributed by atoms with Crippen LogP contribution in [0.15, 0.2) is 57.9 Å². The van der Waals surface area contributed by atoms with Gasteiger partial charge in [-0.25, -0.2) is 8.42 Å². The van der Waals surface area contributed by atoms with E-state index in [9.17, 15) is 8.42 Å². The van der Waals surface area contributed by atoms with E-state index in [0.717, 1.165) is 4.47 Å². The lowest BCUT2D eigenvalue weighted by molar-refractivity contribution is 0.415. The van der Waals surface area contributed by atoms with E-state index in [4.69, 9.17) is 4.74 Å². The van der Waals surface area contributed by atoms with Crippen molar-refractivity contribution in [1.82, 2.24) is 0 Å². The predicted molar refractivity (Wildman–Crippen MR) is 82.7 cm³/mol. The number of anilines is 1. The van der Waals surface area contributed by atoms with E-state index in [2.05, 4.69) is 15.9 Å². The van der Waals surface area contributed by atoms with Gasteiger partial charge in [0.25, 0.3) is 10.0 Å². The zero-order valence-electron chi connectivity index (χ0n) is 11.1. The molecule has 2 rings (SSSR count). The van der Waals surface area contributed by atoms with E-state index in [1.54, 1.807) is 55.6 Å². The van der Waals surface area contributed by atoms with Crippen molar-refractivity contribution in [3.05, 3.63) is 53.0 Å². The monoisotopic (exact) mass is 355 g/mol. The summed E-state index contributed by atoms with van der Waals surface area (Å²) >= 11 is 3.28. The van der Waals surface area contributed by atoms with Crippen LogP contribution < -0.4 is 9.04 Å². The Hall–Kier alpha value is -1.53. The number of benzene rings is 2. The predicted octanol–water partition coefficient (Wildman–Crippen LogP) is 3.28. The first-order valence-corrected chi connectivity index (χ1v) is 8.07. The van der Waals surface area contributed by atoms with E-state index in [0.29, 0.717) is 11.4 Å². The minimum absolute atomic E-state index is 0.241. The smallest absolute Gasteiger partial charge is 0.264 e. The van der Waals surface area contributed by atoms with Crippen LogP contribution in [0.25, 0.3) is 0 Å². The third-order valence-electron chi connectivity index (χ3n) is 2.89. The third kappa shape index (κ3) is 2.96. The fraction of sp³-hybridized carbons (Fsp3) is 0.143. The molecule has 2 aromatic carbocycles. The van der Waals surface area contributed by atoms with Crippen molar-refractivity contribution in [2.45, 2.75) is 4.90 Å². The van der Waals surface area contributed by atoms with Gasteiger partial charge < -0.3 is 4.74 Å². The molecule has 0 aliphatic carbocycles. The van der Waals surface area contributed by atoms with Gasteiger partial charge >= 0.3 is 0 Å². The molecule has 0 N–H and O–H groups in total. The number of ether oxygens (including phenoxy) is 1. The van der Waals surface area contributed by atoms with Crippen LogP contribution in [-0.2, 0) is 10.0 Å². The molecule has 0 atom stereocenters. The van der Waals surface area contributed by atoms with Crippen molar-refractivity contribution >= 4 is 31.6 Å². The molecule has 0 radical (unpaired) electrons. The fourth-order valence-corrected chi connectivity index (χ4v) is 3.51. The summed E-state index contributed by atoms with van der Waals surface area (Å²) in [6.07, 6.45) is 0. The van der Waals surface area contributed by atoms with Crippen molar-refractivity contribution < 1.29 is 13.2 Å². The van der Waals surface area contributed by atoms with Crippen LogP contribution in [0.5, 0.6) is 5.75 Å². The summed E-state index contributed by atoms with van der Waals surface area (Å²) in [5.74, 6) is 0.682. The molecular formula is C14H14BrNO3S. The Kier molecular flexibility index (Phi) is 4.35. The largest absolute Gasteiger partial charge is 0.497 e. The lowest BCUT2D eigenvalue weighted by Gasteiger charge is -2.19. The van der Waals surface area contributed by atoms with E-state index < -0.39 is 10.0 Å². The van der Waals surface area contributed by atoms with Gasteiger partial charge in [-0.05, 0) is 42.5 Å². The first-order chi connectivity index (χ1) is 9.45. The Morgan fingerprint density at radius 3 is 2.30 bits per heavy atom. The van der Waals surface area contributed by atoms with Gasteiger partial charge in [-0.3, -0.25) is 4.31 Å². The molecule has 0 saturated carbocycles. The summed E-state index contributed by atoms with van der Waals surface area (Å²) < 4.78 is 32.1. The second kappa shape index (κ2) is 5.85. The molecule has 0 unspecified atom stereocenters. The number of methoxy groups -OCH3 is 1. The van der Waals surface area contributed by atoms with Crippen molar-refractivity contribution in [3.8, 4) is 5.75 Å². The van der Waals surface area contributed by atoms with Crippen LogP contribution in [0.4, 0.5) is 5.69 Å². The molecule has 0 aliphatic heterocycles. The highest BCUT2D eigenvalue weighted by atomic mass is 79.9. The van der Waals surface area contributed by atoms with Gasteiger partial charge in [0, 0.05) is 11.5 Å². The summed E-state index contributed by atoms with van der Waals surface area (Å²) in [7, 11) is -0.479. The van der Waals surface area contributed by atoms with E-state index in [1.165, 1.54) is 11.4 Å². The Bertz CT molecular complexity index is 699. The van der Waals surface area contributed by atoms with Gasteiger partial charge in [-0.2, -0.15) is 0 Å². The van der Waals surface area contributed by atoms with Gasteiger partial charge in [0.1, 0.15) is 5.75 Å². The molecule has 4 nitrogen and oxygen atoms in total. The van der Waals surface area contributed by atoms with Crippen LogP contribution in [0.1, 0.15) is 0 Å². The van der Waals surface area contributed by atoms with E-state index in [-0.39, 0.29) is 4.90 Å². The molecule has 106 valence electrons. The zero-order chi connectivity index (χ0) is 14.8. The summed E-state index contributed by atoms with van der Waals surface area (Å²) in [4.78, 5) is 0.241. The number of rotatable bonds is 4. The van der Waals surface area contributed by atoms with Crippen LogP contribution in [-0.4, -0.2) is 22.6 Å². The highest BCUT2D eigenvalue weighted by molar-refractivity contribution is 9.10. The highest BCUT2D eigenvalue weighted by Gasteiger charge is 2.21. The Morgan fingerprint density at radius 1 is 1.10 bits per heavy atom. The molecule has 0 fully saturated rings. The van der Waals surface area contributed by atoms with Crippen LogP contribution >= 0.6 is 15.9 Å². The maximum atomic E-state index is 12.5. The van der Waals surface area contributed by atoms with Crippen molar-refractivity contribution in [1.29, 1.82) is 0 Å². The summed E-state index contributed by atoms with van der Waals surface area (Å²) in [5.41, 5.74) is 0.575. The topological polar surface area (TPSA) is 46.6 Å². The standard InChI is InChI=1S/C14H14BrNO3S/c1-16(12-6-8-13(19-2)9-7-12)20(17,18)14-5-3-4-11(15)10-14/h3-10H,1-2H3. The number of hydrogen-bond acceptors (Lipinski definition) is 3. The Labute approximate surface area is 127 Å². The van der Waals surface area contributed by atoms with Gasteiger partial charge in [-0.15, -0.1) is 0 Å². The normalized spacial score (nSPS) is 11.2. The average Bonchev–Trinajstić information content (AvgIpc) is 2.46. The van der Waals surface area contributed by atoms with Crippen molar-refractivity contribution in [3.63, 3.8) is 0 Å². The van der Waals surface area contributed by atoms with Gasteiger partial charge in [0.05, 0.1) is 17.7 Å². The minimum atomic E-state index is -3.57. The van der Waals surface area contributed by atoms with Gasteiger partial charge in [0.15, 0.2) is 0 Å². The molecule has 2 aromatic rings. The zero-order valence-corrected chi connectivity index (χ0v) is 13.5. The summed E-state index contributed by atoms with van der Waals surface area (Å²) in [5, 5.41) is 0. The van der Waals surface area contributed by atoms with Crippen LogP contribution in [0.2, 0.25) is 0 Å². The first kappa shape index (κ1) is 14.9. The summed E-state index contributed by atoms with van der Waals surface area (Å²) in [6.45, 7) is 0. The third-order valence-corrected chi connectivity index (χ3v) is 5.17. The lowest BCUT2D eigenvalue weighted by Crippen LogP contribution is -2.26. The second-order valence-electron chi connectivity index (χ2n) is 4.13. The lowest BCUT2D eigenvalue weighted by atomic mass is 10.3. The molecule has 20 heavy (non-hydrogen) atoms. The number of sulfonamides is 1. The number of hydrogen-bond donors (Lipinski definition) is 0. The quantitative estimate of drug-likeness (QED) is 0.845. The van der Waals surface area contributed by atoms with Gasteiger partial charge in [-0.1, -0.05) is 22.0 Å². The Morgan fingerprint density at radius 2 is 1.75 bits per heavy atom. The SMILES string of the molecule is COc1ccc(N(C)S(=O)(=O)c2cccc(Br)c2)cc1. The van der Waals surface area contributed by atoms with Crippen LogP contribution in [0.3, 0.4) is 0 Å². The van der Waals surface area contributed by atoms with E-state index in [1.807, 2.05) is 0 Å². The molecule has 0 aliphatic rings. The molecule has 0 heterocycles. The van der Waals surface area contributed by atoms with Gasteiger partial charge in [0.2, 0.25) is 0 Å². The first-order valence-electron chi connectivity index (χ1n) is 5.83. The molecule has 0 amide bonds. The molecule has 0 spiro atoms. The minimum Gasteiger partial charge on any atom is -0.497 e. The average molecular weight is 356 g/mol. The highest BCUT2D eigenvalue weighted by Crippen LogP contribution is 2.25. The second-order valence-corrected chi connectivity index (χ2v) is 7.01. The summed E-state index contributed by atoms with van der Waals surface area (Å²) in [6, 6.07) is 13.5. The Balaban J connectivity index is 2.37. The number of nitrogens with zero attached hydrogens (tertiary/aromatic N) is 1. The van der Waals surface area contributed by atoms with Crippen molar-refractivity contribution in [2.24, 2.45) is 0 Å². The van der Waals surface area contributed by atoms with E-state index >= 15 is 0 Å². The molecule has 0 aromatic heterocycles. The molecule has 0 saturated heterocycles. The number of halogens is 1. The maximum absolute atomic E-state index is 12.5. The maximum Gasteiger partial charge on any atom is 0.264 e. The molecule has 0 bridgehead atoms. The van der Waals surface area contributed by atoms with Crippen molar-refractivity contribution in [2.75, 3.05) is 18.5 Å².